The first-order chi connectivity index (χ1) is 5.29. The molecule has 60 valence electrons. The topological polar surface area (TPSA) is 65.4 Å². The summed E-state index contributed by atoms with van der Waals surface area (Å²) in [6.07, 6.45) is 3.36. The third kappa shape index (κ3) is 1.31. The van der Waals surface area contributed by atoms with Gasteiger partial charge in [-0.15, -0.1) is 0 Å². The van der Waals surface area contributed by atoms with Gasteiger partial charge in [0.2, 0.25) is 5.49 Å². The van der Waals surface area contributed by atoms with Gasteiger partial charge in [-0.25, -0.2) is 4.98 Å². The summed E-state index contributed by atoms with van der Waals surface area (Å²) in [5.74, 6) is 5.54. The number of aryl methyl sites for hydroxylation is 1. The molecule has 5 nitrogen and oxygen atoms in total. The van der Waals surface area contributed by atoms with Gasteiger partial charge in [0.05, 0.1) is 7.11 Å². The molecule has 2 N–H and O–H groups in total. The Bertz CT molecular complexity index is 304. The van der Waals surface area contributed by atoms with E-state index in [0.717, 1.165) is 0 Å². The highest BCUT2D eigenvalue weighted by Gasteiger charge is 1.97. The monoisotopic (exact) mass is 154 g/mol. The molecule has 0 amide bonds. The van der Waals surface area contributed by atoms with Crippen molar-refractivity contribution in [2.24, 2.45) is 18.0 Å². The van der Waals surface area contributed by atoms with Crippen LogP contribution in [0.1, 0.15) is 0 Å². The van der Waals surface area contributed by atoms with Crippen molar-refractivity contribution in [3.05, 3.63) is 17.9 Å². The molecule has 0 aliphatic rings. The SMILES string of the molecule is COc1nccn(C)c1=NN. The number of aromatic nitrogens is 2. The van der Waals surface area contributed by atoms with Gasteiger partial charge in [0.1, 0.15) is 0 Å². The second kappa shape index (κ2) is 3.05. The molecule has 0 radical (unpaired) electrons. The fourth-order valence-electron chi connectivity index (χ4n) is 0.771. The number of nitrogens with zero attached hydrogens (tertiary/aromatic N) is 3. The summed E-state index contributed by atoms with van der Waals surface area (Å²) in [7, 11) is 3.34. The van der Waals surface area contributed by atoms with Gasteiger partial charge in [-0.3, -0.25) is 0 Å². The van der Waals surface area contributed by atoms with E-state index in [-0.39, 0.29) is 0 Å². The molecular formula is C6H10N4O. The molecule has 1 aromatic heterocycles. The molecule has 0 fully saturated rings. The predicted octanol–water partition coefficient (Wildman–Crippen LogP) is -0.797. The van der Waals surface area contributed by atoms with Crippen LogP contribution in [0.3, 0.4) is 0 Å². The minimum absolute atomic E-state index is 0.428. The number of hydrogen-bond donors (Lipinski definition) is 1. The Morgan fingerprint density at radius 3 is 2.91 bits per heavy atom. The predicted molar refractivity (Wildman–Crippen MR) is 39.5 cm³/mol. The molecule has 0 saturated heterocycles. The summed E-state index contributed by atoms with van der Waals surface area (Å²) in [5.41, 5.74) is 0.523. The van der Waals surface area contributed by atoms with Crippen molar-refractivity contribution in [3.63, 3.8) is 0 Å². The van der Waals surface area contributed by atoms with Gasteiger partial charge in [-0.2, -0.15) is 5.10 Å². The molecule has 0 spiro atoms. The van der Waals surface area contributed by atoms with Crippen molar-refractivity contribution in [3.8, 4) is 5.88 Å². The van der Waals surface area contributed by atoms with Crippen molar-refractivity contribution < 1.29 is 4.74 Å². The molecule has 11 heavy (non-hydrogen) atoms. The van der Waals surface area contributed by atoms with E-state index in [0.29, 0.717) is 11.4 Å². The highest BCUT2D eigenvalue weighted by Crippen LogP contribution is 1.91. The molecule has 0 unspecified atom stereocenters. The van der Waals surface area contributed by atoms with Crippen molar-refractivity contribution in [1.82, 2.24) is 9.55 Å². The van der Waals surface area contributed by atoms with Crippen molar-refractivity contribution in [2.45, 2.75) is 0 Å². The highest BCUT2D eigenvalue weighted by molar-refractivity contribution is 5.02. The van der Waals surface area contributed by atoms with E-state index in [1.165, 1.54) is 7.11 Å². The fraction of sp³-hybridized carbons (Fsp3) is 0.333. The molecule has 0 aliphatic heterocycles. The molecule has 1 heterocycles. The van der Waals surface area contributed by atoms with Crippen LogP contribution >= 0.6 is 0 Å². The van der Waals surface area contributed by atoms with E-state index in [4.69, 9.17) is 10.6 Å². The van der Waals surface area contributed by atoms with Crippen LogP contribution in [-0.4, -0.2) is 16.7 Å². The zero-order valence-electron chi connectivity index (χ0n) is 6.48. The molecule has 1 aromatic rings. The lowest BCUT2D eigenvalue weighted by Gasteiger charge is -2.01. The Labute approximate surface area is 64.1 Å². The van der Waals surface area contributed by atoms with E-state index in [2.05, 4.69) is 10.1 Å². The maximum absolute atomic E-state index is 5.11. The molecule has 0 saturated carbocycles. The Balaban J connectivity index is 3.38. The van der Waals surface area contributed by atoms with Crippen LogP contribution in [0.15, 0.2) is 17.5 Å². The van der Waals surface area contributed by atoms with Crippen LogP contribution in [0.25, 0.3) is 0 Å². The third-order valence-electron chi connectivity index (χ3n) is 1.32. The summed E-state index contributed by atoms with van der Waals surface area (Å²) in [4.78, 5) is 3.91. The zero-order chi connectivity index (χ0) is 8.27. The molecule has 0 aliphatic carbocycles. The Morgan fingerprint density at radius 2 is 2.45 bits per heavy atom. The fourth-order valence-corrected chi connectivity index (χ4v) is 0.771. The summed E-state index contributed by atoms with van der Waals surface area (Å²) >= 11 is 0. The van der Waals surface area contributed by atoms with Gasteiger partial charge < -0.3 is 15.1 Å². The van der Waals surface area contributed by atoms with Crippen LogP contribution in [0.5, 0.6) is 5.88 Å². The number of hydrogen-bond acceptors (Lipinski definition) is 4. The van der Waals surface area contributed by atoms with Gasteiger partial charge in [-0.1, -0.05) is 0 Å². The third-order valence-corrected chi connectivity index (χ3v) is 1.32. The number of rotatable bonds is 1. The molecular weight excluding hydrogens is 144 g/mol. The quantitative estimate of drug-likeness (QED) is 0.425. The highest BCUT2D eigenvalue weighted by atomic mass is 16.5. The normalized spacial score (nSPS) is 11.6. The summed E-state index contributed by atoms with van der Waals surface area (Å²) in [6.45, 7) is 0. The summed E-state index contributed by atoms with van der Waals surface area (Å²) in [5, 5.41) is 3.52. The first kappa shape index (κ1) is 7.59. The Hall–Kier alpha value is -1.52. The standard InChI is InChI=1S/C6H10N4O/c1-10-4-3-8-6(11-2)5(10)9-7/h3-4H,7H2,1-2H3. The zero-order valence-corrected chi connectivity index (χ0v) is 6.48. The average molecular weight is 154 g/mol. The van der Waals surface area contributed by atoms with Crippen LogP contribution < -0.4 is 16.1 Å². The second-order valence-electron chi connectivity index (χ2n) is 2.00. The lowest BCUT2D eigenvalue weighted by atomic mass is 10.6. The number of nitrogens with two attached hydrogens (primary N) is 1. The summed E-state index contributed by atoms with van der Waals surface area (Å²) < 4.78 is 6.64. The van der Waals surface area contributed by atoms with E-state index in [9.17, 15) is 0 Å². The van der Waals surface area contributed by atoms with Gasteiger partial charge in [0.25, 0.3) is 5.88 Å². The lowest BCUT2D eigenvalue weighted by Crippen LogP contribution is -2.22. The average Bonchev–Trinajstić information content (AvgIpc) is 2.04. The molecule has 1 rings (SSSR count). The van der Waals surface area contributed by atoms with Crippen LogP contribution in [0, 0.1) is 0 Å². The van der Waals surface area contributed by atoms with E-state index in [1.807, 2.05) is 7.05 Å². The first-order valence-electron chi connectivity index (χ1n) is 3.09. The maximum Gasteiger partial charge on any atom is 0.259 e. The Morgan fingerprint density at radius 1 is 1.73 bits per heavy atom. The van der Waals surface area contributed by atoms with Gasteiger partial charge in [0.15, 0.2) is 0 Å². The molecule has 0 atom stereocenters. The molecule has 0 aromatic carbocycles. The van der Waals surface area contributed by atoms with E-state index >= 15 is 0 Å². The van der Waals surface area contributed by atoms with Crippen molar-refractivity contribution in [1.29, 1.82) is 0 Å². The maximum atomic E-state index is 5.11. The Kier molecular flexibility index (Phi) is 2.10. The molecule has 5 heteroatoms. The van der Waals surface area contributed by atoms with Gasteiger partial charge in [0, 0.05) is 19.4 Å². The number of methoxy groups -OCH3 is 1. The number of ether oxygens (including phenoxy) is 1. The summed E-state index contributed by atoms with van der Waals surface area (Å²) in [6, 6.07) is 0. The van der Waals surface area contributed by atoms with Crippen molar-refractivity contribution in [2.75, 3.05) is 7.11 Å². The largest absolute Gasteiger partial charge is 0.478 e. The second-order valence-corrected chi connectivity index (χ2v) is 2.00. The first-order valence-corrected chi connectivity index (χ1v) is 3.09. The van der Waals surface area contributed by atoms with Gasteiger partial charge in [-0.05, 0) is 0 Å². The molecule has 0 bridgehead atoms. The minimum atomic E-state index is 0.428. The smallest absolute Gasteiger partial charge is 0.259 e. The minimum Gasteiger partial charge on any atom is -0.478 e. The van der Waals surface area contributed by atoms with E-state index in [1.54, 1.807) is 17.0 Å². The lowest BCUT2D eigenvalue weighted by molar-refractivity contribution is 0.384. The van der Waals surface area contributed by atoms with Crippen molar-refractivity contribution >= 4 is 0 Å². The van der Waals surface area contributed by atoms with Crippen LogP contribution in [0.4, 0.5) is 0 Å². The van der Waals surface area contributed by atoms with Crippen LogP contribution in [0.2, 0.25) is 0 Å². The van der Waals surface area contributed by atoms with Crippen LogP contribution in [-0.2, 0) is 7.05 Å². The van der Waals surface area contributed by atoms with E-state index < -0.39 is 0 Å². The van der Waals surface area contributed by atoms with Gasteiger partial charge >= 0.3 is 0 Å².